The number of imidazole rings is 2. The van der Waals surface area contributed by atoms with Crippen LogP contribution < -0.4 is 10.6 Å². The highest BCUT2D eigenvalue weighted by atomic mass is 19.3. The molecule has 18 heteroatoms. The number of aromatic amines is 2. The third kappa shape index (κ3) is 8.68. The van der Waals surface area contributed by atoms with Crippen molar-refractivity contribution >= 4 is 6.09 Å². The van der Waals surface area contributed by atoms with Crippen molar-refractivity contribution < 1.29 is 43.1 Å². The van der Waals surface area contributed by atoms with Crippen LogP contribution in [0.2, 0.25) is 0 Å². The maximum Gasteiger partial charge on any atom is 0.407 e. The molecule has 6 heterocycles. The van der Waals surface area contributed by atoms with E-state index < -0.39 is 61.5 Å². The first-order valence-corrected chi connectivity index (χ1v) is 22.7. The van der Waals surface area contributed by atoms with Crippen molar-refractivity contribution in [3.8, 4) is 0 Å². The Kier molecular flexibility index (Phi) is 12.9. The lowest BCUT2D eigenvalue weighted by atomic mass is 9.84. The van der Waals surface area contributed by atoms with E-state index in [2.05, 4.69) is 49.6 Å². The highest BCUT2D eigenvalue weighted by Crippen LogP contribution is 2.50. The van der Waals surface area contributed by atoms with Crippen molar-refractivity contribution in [2.45, 2.75) is 165 Å². The number of alkyl carbamates (subject to hydrolysis) is 1. The number of methoxy groups -OCH3 is 2. The molecule has 2 fully saturated rings. The van der Waals surface area contributed by atoms with Gasteiger partial charge in [0.25, 0.3) is 5.92 Å². The molecule has 2 aliphatic carbocycles. The second-order valence-corrected chi connectivity index (χ2v) is 19.3. The van der Waals surface area contributed by atoms with E-state index in [1.807, 2.05) is 38.8 Å². The SMILES string of the molecule is COC(=O)N[C@@H](C(C)C)C(O)N1CCC[C@H]1c1ncc([C@@H]2CCC3=C(C2)OC(C)N2C3=CC3=CC(c4cnc([C@@H]5CC(F)(F)CN5C(O)C(C)(NC(O)OC)C(C)C)[nH]4)CCC32)[nH]1. The lowest BCUT2D eigenvalue weighted by Gasteiger charge is -2.45. The molecular weight excluding hydrogens is 817 g/mol. The van der Waals surface area contributed by atoms with Crippen molar-refractivity contribution in [2.75, 3.05) is 27.3 Å². The van der Waals surface area contributed by atoms with Gasteiger partial charge < -0.3 is 49.7 Å². The molecule has 16 nitrogen and oxygen atoms in total. The second kappa shape index (κ2) is 17.8. The topological polar surface area (TPSA) is 197 Å². The van der Waals surface area contributed by atoms with Gasteiger partial charge in [0.2, 0.25) is 6.41 Å². The second-order valence-electron chi connectivity index (χ2n) is 19.3. The van der Waals surface area contributed by atoms with Crippen molar-refractivity contribution in [1.82, 2.24) is 45.3 Å². The van der Waals surface area contributed by atoms with Crippen LogP contribution in [0.1, 0.15) is 140 Å². The van der Waals surface area contributed by atoms with Gasteiger partial charge in [0, 0.05) is 73.4 Å². The molecule has 11 atom stereocenters. The summed E-state index contributed by atoms with van der Waals surface area (Å²) in [4.78, 5) is 34.4. The highest BCUT2D eigenvalue weighted by Gasteiger charge is 2.54. The molecule has 0 aromatic carbocycles. The van der Waals surface area contributed by atoms with Gasteiger partial charge in [0.05, 0.1) is 43.4 Å². The van der Waals surface area contributed by atoms with Crippen molar-refractivity contribution in [3.63, 3.8) is 0 Å². The number of hydrogen-bond donors (Lipinski definition) is 7. The minimum Gasteiger partial charge on any atom is -0.475 e. The Morgan fingerprint density at radius 2 is 1.71 bits per heavy atom. The van der Waals surface area contributed by atoms with E-state index in [0.29, 0.717) is 12.4 Å². The number of hydrogen-bond acceptors (Lipinski definition) is 13. The zero-order valence-electron chi connectivity index (χ0n) is 37.8. The standard InChI is InChI=1S/C45H67F2N9O7/c1-23(2)37(52-42(59)61-7)40(57)54-15-9-10-33(54)38-48-21-31(50-38)27-11-13-29-34-17-28-16-26(12-14-32(28)56(34)25(5)63-36(29)18-27)30-20-49-39(51-30)35-19-45(46,47)22-55(35)41(58)44(6,24(3)4)53-43(60)62-8/h16-17,20-21,23-27,32-33,35,37,40-41,43,53,57-58,60H,9-15,18-19,22H2,1-8H3,(H,48,50)(H,49,51)(H,52,59)/t25?,26?,27-,32?,33+,35+,37+,40?,41?,43?,44?/m1/s1. The predicted molar refractivity (Wildman–Crippen MR) is 228 cm³/mol. The summed E-state index contributed by atoms with van der Waals surface area (Å²) in [5, 5.41) is 39.1. The Bertz CT molecular complexity index is 2070. The lowest BCUT2D eigenvalue weighted by molar-refractivity contribution is -0.161. The third-order valence-corrected chi connectivity index (χ3v) is 14.8. The molecule has 7 N–H and O–H groups in total. The molecule has 0 radical (unpaired) electrons. The number of likely N-dealkylation sites (tertiary alicyclic amines) is 2. The van der Waals surface area contributed by atoms with Gasteiger partial charge in [-0.25, -0.2) is 23.5 Å². The molecule has 0 spiro atoms. The summed E-state index contributed by atoms with van der Waals surface area (Å²) in [7, 11) is 2.64. The first-order chi connectivity index (χ1) is 29.9. The van der Waals surface area contributed by atoms with E-state index >= 15 is 8.78 Å². The third-order valence-electron chi connectivity index (χ3n) is 14.8. The van der Waals surface area contributed by atoms with Gasteiger partial charge in [-0.2, -0.15) is 0 Å². The molecule has 348 valence electrons. The molecule has 2 aromatic rings. The van der Waals surface area contributed by atoms with Crippen LogP contribution in [0.4, 0.5) is 13.6 Å². The van der Waals surface area contributed by atoms with Gasteiger partial charge >= 0.3 is 6.09 Å². The Balaban J connectivity index is 0.967. The van der Waals surface area contributed by atoms with Crippen LogP contribution >= 0.6 is 0 Å². The van der Waals surface area contributed by atoms with E-state index in [4.69, 9.17) is 19.2 Å². The minimum absolute atomic E-state index is 0.00250. The molecule has 1 amide bonds. The zero-order valence-corrected chi connectivity index (χ0v) is 37.8. The maximum absolute atomic E-state index is 15.1. The number of H-pyrrole nitrogens is 2. The Hall–Kier alpha value is -3.91. The van der Waals surface area contributed by atoms with Crippen LogP contribution in [0.15, 0.2) is 47.1 Å². The fourth-order valence-corrected chi connectivity index (χ4v) is 10.9. The van der Waals surface area contributed by atoms with E-state index in [1.165, 1.54) is 36.0 Å². The van der Waals surface area contributed by atoms with E-state index in [9.17, 15) is 20.1 Å². The average molecular weight is 884 g/mol. The van der Waals surface area contributed by atoms with Gasteiger partial charge in [-0.15, -0.1) is 0 Å². The smallest absolute Gasteiger partial charge is 0.407 e. The van der Waals surface area contributed by atoms with Crippen molar-refractivity contribution in [1.29, 1.82) is 0 Å². The number of aliphatic hydroxyl groups is 3. The predicted octanol–water partition coefficient (Wildman–Crippen LogP) is 5.57. The Morgan fingerprint density at radius 1 is 1.00 bits per heavy atom. The highest BCUT2D eigenvalue weighted by molar-refractivity contribution is 5.67. The lowest BCUT2D eigenvalue weighted by Crippen LogP contribution is -2.64. The fourth-order valence-electron chi connectivity index (χ4n) is 10.9. The number of halogens is 2. The number of rotatable bonds is 14. The summed E-state index contributed by atoms with van der Waals surface area (Å²) in [6.45, 7) is 11.5. The van der Waals surface area contributed by atoms with Gasteiger partial charge in [-0.05, 0) is 75.9 Å². The number of carbonyl (C=O) groups excluding carboxylic acids is 1. The van der Waals surface area contributed by atoms with Gasteiger partial charge in [0.1, 0.15) is 29.9 Å². The molecule has 8 rings (SSSR count). The molecule has 0 saturated carbocycles. The number of allylic oxidation sites excluding steroid dienone is 3. The first kappa shape index (κ1) is 45.7. The van der Waals surface area contributed by atoms with Crippen LogP contribution in [0.5, 0.6) is 0 Å². The van der Waals surface area contributed by atoms with Crippen LogP contribution in [-0.2, 0) is 14.2 Å². The number of alkyl halides is 2. The summed E-state index contributed by atoms with van der Waals surface area (Å²) in [6, 6.07) is -1.31. The Morgan fingerprint density at radius 3 is 2.41 bits per heavy atom. The molecule has 2 aromatic heterocycles. The molecular formula is C45H67F2N9O7. The number of nitrogens with zero attached hydrogens (tertiary/aromatic N) is 5. The summed E-state index contributed by atoms with van der Waals surface area (Å²) in [6.07, 6.45) is 9.37. The summed E-state index contributed by atoms with van der Waals surface area (Å²) in [5.74, 6) is -0.902. The largest absolute Gasteiger partial charge is 0.475 e. The first-order valence-electron chi connectivity index (χ1n) is 22.7. The monoisotopic (exact) mass is 884 g/mol. The Labute approximate surface area is 368 Å². The van der Waals surface area contributed by atoms with Crippen LogP contribution in [0.25, 0.3) is 0 Å². The molecule has 0 bridgehead atoms. The molecule has 4 aliphatic heterocycles. The number of aliphatic hydroxyl groups excluding tert-OH is 3. The number of aromatic nitrogens is 4. The summed E-state index contributed by atoms with van der Waals surface area (Å²) >= 11 is 0. The number of fused-ring (bicyclic) bond motifs is 4. The van der Waals surface area contributed by atoms with Gasteiger partial charge in [-0.1, -0.05) is 33.8 Å². The summed E-state index contributed by atoms with van der Waals surface area (Å²) in [5.41, 5.74) is 4.39. The van der Waals surface area contributed by atoms with E-state index in [-0.39, 0.29) is 42.0 Å². The average Bonchev–Trinajstić information content (AvgIpc) is 4.10. The minimum atomic E-state index is -3.05. The molecule has 6 aliphatic rings. The number of carbonyl (C=O) groups is 1. The van der Waals surface area contributed by atoms with E-state index in [0.717, 1.165) is 67.9 Å². The number of ether oxygens (including phenoxy) is 3. The van der Waals surface area contributed by atoms with Crippen LogP contribution in [0, 0.1) is 11.8 Å². The van der Waals surface area contributed by atoms with Gasteiger partial charge in [0.15, 0.2) is 6.23 Å². The summed E-state index contributed by atoms with van der Waals surface area (Å²) < 4.78 is 46.8. The normalized spacial score (nSPS) is 30.2. The maximum atomic E-state index is 15.1. The zero-order chi connectivity index (χ0) is 45.1. The van der Waals surface area contributed by atoms with Crippen LogP contribution in [0.3, 0.4) is 0 Å². The van der Waals surface area contributed by atoms with Crippen molar-refractivity contribution in [2.24, 2.45) is 11.8 Å². The fraction of sp³-hybridized carbons (Fsp3) is 0.711. The van der Waals surface area contributed by atoms with E-state index in [1.54, 1.807) is 13.1 Å². The molecule has 63 heavy (non-hydrogen) atoms. The number of amides is 1. The molecule has 7 unspecified atom stereocenters. The van der Waals surface area contributed by atoms with Crippen LogP contribution in [-0.4, -0.2) is 132 Å². The van der Waals surface area contributed by atoms with Crippen molar-refractivity contribution in [3.05, 3.63) is 70.2 Å². The number of nitrogens with one attached hydrogen (secondary N) is 4. The quantitative estimate of drug-likeness (QED) is 0.117. The molecule has 2 saturated heterocycles. The van der Waals surface area contributed by atoms with Gasteiger partial charge in [-0.3, -0.25) is 15.1 Å².